The van der Waals surface area contributed by atoms with E-state index < -0.39 is 0 Å². The summed E-state index contributed by atoms with van der Waals surface area (Å²) in [4.78, 5) is 18.2. The van der Waals surface area contributed by atoms with Crippen molar-refractivity contribution >= 4 is 28.9 Å². The summed E-state index contributed by atoms with van der Waals surface area (Å²) in [7, 11) is 0. The summed E-state index contributed by atoms with van der Waals surface area (Å²) in [6.07, 6.45) is 4.27. The molecule has 0 saturated carbocycles. The van der Waals surface area contributed by atoms with Crippen molar-refractivity contribution in [3.8, 4) is 0 Å². The lowest BCUT2D eigenvalue weighted by Gasteiger charge is -2.10. The molecule has 1 aromatic heterocycles. The Morgan fingerprint density at radius 1 is 1.41 bits per heavy atom. The van der Waals surface area contributed by atoms with Gasteiger partial charge in [0, 0.05) is 22.3 Å². The molecule has 2 heterocycles. The molecule has 1 aliphatic rings. The summed E-state index contributed by atoms with van der Waals surface area (Å²) in [5.74, 6) is 2.51. The average Bonchev–Trinajstić information content (AvgIpc) is 2.89. The van der Waals surface area contributed by atoms with E-state index in [-0.39, 0.29) is 11.7 Å². The molecule has 1 atom stereocenters. The van der Waals surface area contributed by atoms with Crippen LogP contribution in [0.3, 0.4) is 0 Å². The van der Waals surface area contributed by atoms with Crippen LogP contribution in [0, 0.1) is 5.92 Å². The van der Waals surface area contributed by atoms with Gasteiger partial charge >= 0.3 is 0 Å². The van der Waals surface area contributed by atoms with Gasteiger partial charge in [0.25, 0.3) is 0 Å². The first-order valence-electron chi connectivity index (χ1n) is 6.36. The molecule has 0 N–H and O–H groups in total. The molecule has 0 bridgehead atoms. The van der Waals surface area contributed by atoms with E-state index in [1.54, 1.807) is 11.3 Å². The van der Waals surface area contributed by atoms with E-state index in [4.69, 9.17) is 0 Å². The lowest BCUT2D eigenvalue weighted by molar-refractivity contribution is 0.0907. The standard InChI is InChI=1S/C13H19NOS2/c1-3-5-6-9(4-2)12(15)13-14-10-7-16-8-11(10)17-13/h9H,3-8H2,1-2H3. The van der Waals surface area contributed by atoms with Gasteiger partial charge < -0.3 is 0 Å². The molecule has 0 spiro atoms. The van der Waals surface area contributed by atoms with E-state index in [0.717, 1.165) is 47.9 Å². The number of fused-ring (bicyclic) bond motifs is 1. The largest absolute Gasteiger partial charge is 0.291 e. The Balaban J connectivity index is 2.06. The van der Waals surface area contributed by atoms with Crippen molar-refractivity contribution in [2.45, 2.75) is 51.0 Å². The molecule has 0 aromatic carbocycles. The minimum absolute atomic E-state index is 0.189. The number of aromatic nitrogens is 1. The monoisotopic (exact) mass is 269 g/mol. The van der Waals surface area contributed by atoms with E-state index >= 15 is 0 Å². The molecule has 0 fully saturated rings. The maximum atomic E-state index is 12.3. The summed E-state index contributed by atoms with van der Waals surface area (Å²) in [5, 5.41) is 0.762. The Morgan fingerprint density at radius 3 is 2.88 bits per heavy atom. The summed E-state index contributed by atoms with van der Waals surface area (Å²) >= 11 is 3.52. The van der Waals surface area contributed by atoms with Gasteiger partial charge in [-0.3, -0.25) is 4.79 Å². The third-order valence-electron chi connectivity index (χ3n) is 3.23. The second-order valence-corrected chi connectivity index (χ2v) is 6.56. The normalized spacial score (nSPS) is 15.9. The zero-order valence-electron chi connectivity index (χ0n) is 10.5. The first kappa shape index (κ1) is 13.1. The van der Waals surface area contributed by atoms with Crippen LogP contribution < -0.4 is 0 Å². The van der Waals surface area contributed by atoms with Crippen LogP contribution in [0.15, 0.2) is 0 Å². The Kier molecular flexibility index (Phi) is 4.62. The maximum Gasteiger partial charge on any atom is 0.194 e. The molecule has 0 amide bonds. The van der Waals surface area contributed by atoms with E-state index in [0.29, 0.717) is 0 Å². The first-order valence-corrected chi connectivity index (χ1v) is 8.33. The number of hydrogen-bond acceptors (Lipinski definition) is 4. The average molecular weight is 269 g/mol. The zero-order valence-corrected chi connectivity index (χ0v) is 12.1. The maximum absolute atomic E-state index is 12.3. The highest BCUT2D eigenvalue weighted by Gasteiger charge is 2.24. The van der Waals surface area contributed by atoms with Crippen LogP contribution in [0.1, 0.15) is 59.9 Å². The molecule has 0 saturated heterocycles. The van der Waals surface area contributed by atoms with Gasteiger partial charge in [-0.05, 0) is 12.8 Å². The lowest BCUT2D eigenvalue weighted by Crippen LogP contribution is -2.14. The number of thioether (sulfide) groups is 1. The zero-order chi connectivity index (χ0) is 12.3. The topological polar surface area (TPSA) is 30.0 Å². The first-order chi connectivity index (χ1) is 8.26. The van der Waals surface area contributed by atoms with Gasteiger partial charge in [-0.25, -0.2) is 4.98 Å². The van der Waals surface area contributed by atoms with Crippen LogP contribution in [-0.2, 0) is 11.5 Å². The van der Waals surface area contributed by atoms with Crippen molar-refractivity contribution in [3.05, 3.63) is 15.6 Å². The molecule has 1 aliphatic heterocycles. The summed E-state index contributed by atoms with van der Waals surface area (Å²) in [6.45, 7) is 4.28. The van der Waals surface area contributed by atoms with E-state index in [2.05, 4.69) is 18.8 Å². The number of unbranched alkanes of at least 4 members (excludes halogenated alkanes) is 1. The second kappa shape index (κ2) is 6.01. The Hall–Kier alpha value is -0.350. The summed E-state index contributed by atoms with van der Waals surface area (Å²) in [5.41, 5.74) is 1.16. The minimum atomic E-state index is 0.189. The van der Waals surface area contributed by atoms with Gasteiger partial charge in [-0.15, -0.1) is 23.1 Å². The number of nitrogens with zero attached hydrogens (tertiary/aromatic N) is 1. The number of Topliss-reactive ketones (excluding diaryl/α,β-unsaturated/α-hetero) is 1. The fraction of sp³-hybridized carbons (Fsp3) is 0.692. The molecule has 94 valence electrons. The van der Waals surface area contributed by atoms with Crippen molar-refractivity contribution in [2.24, 2.45) is 5.92 Å². The minimum Gasteiger partial charge on any atom is -0.291 e. The molecule has 2 nitrogen and oxygen atoms in total. The predicted molar refractivity (Wildman–Crippen MR) is 74.7 cm³/mol. The molecule has 17 heavy (non-hydrogen) atoms. The quantitative estimate of drug-likeness (QED) is 0.722. The predicted octanol–water partition coefficient (Wildman–Crippen LogP) is 4.29. The van der Waals surface area contributed by atoms with Crippen LogP contribution in [0.4, 0.5) is 0 Å². The number of carbonyl (C=O) groups excluding carboxylic acids is 1. The summed E-state index contributed by atoms with van der Waals surface area (Å²) < 4.78 is 0. The van der Waals surface area contributed by atoms with Gasteiger partial charge in [-0.2, -0.15) is 0 Å². The molecular formula is C13H19NOS2. The third kappa shape index (κ3) is 2.91. The lowest BCUT2D eigenvalue weighted by atomic mass is 9.95. The Labute approximate surface area is 111 Å². The molecule has 4 heteroatoms. The highest BCUT2D eigenvalue weighted by atomic mass is 32.2. The number of ketones is 1. The number of carbonyl (C=O) groups is 1. The molecule has 0 aliphatic carbocycles. The van der Waals surface area contributed by atoms with Crippen LogP contribution in [0.2, 0.25) is 0 Å². The molecule has 1 unspecified atom stereocenters. The molecular weight excluding hydrogens is 250 g/mol. The van der Waals surface area contributed by atoms with Crippen molar-refractivity contribution in [3.63, 3.8) is 0 Å². The highest BCUT2D eigenvalue weighted by Crippen LogP contribution is 2.35. The Morgan fingerprint density at radius 2 is 2.24 bits per heavy atom. The number of thiazole rings is 1. The highest BCUT2D eigenvalue weighted by molar-refractivity contribution is 7.98. The van der Waals surface area contributed by atoms with Crippen LogP contribution in [0.5, 0.6) is 0 Å². The smallest absolute Gasteiger partial charge is 0.194 e. The van der Waals surface area contributed by atoms with Gasteiger partial charge in [0.05, 0.1) is 5.69 Å². The molecule has 1 aromatic rings. The summed E-state index contributed by atoms with van der Waals surface area (Å²) in [6, 6.07) is 0. The fourth-order valence-corrected chi connectivity index (χ4v) is 4.46. The van der Waals surface area contributed by atoms with Crippen molar-refractivity contribution < 1.29 is 4.79 Å². The van der Waals surface area contributed by atoms with Gasteiger partial charge in [-0.1, -0.05) is 26.7 Å². The third-order valence-corrected chi connectivity index (χ3v) is 5.50. The SMILES string of the molecule is CCCCC(CC)C(=O)c1nc2c(s1)CSC2. The molecule has 0 radical (unpaired) electrons. The molecule has 2 rings (SSSR count). The van der Waals surface area contributed by atoms with E-state index in [9.17, 15) is 4.79 Å². The van der Waals surface area contributed by atoms with Crippen LogP contribution >= 0.6 is 23.1 Å². The number of hydrogen-bond donors (Lipinski definition) is 0. The van der Waals surface area contributed by atoms with Gasteiger partial charge in [0.15, 0.2) is 10.8 Å². The fourth-order valence-electron chi connectivity index (χ4n) is 2.10. The van der Waals surface area contributed by atoms with Crippen LogP contribution in [0.25, 0.3) is 0 Å². The Bertz CT molecular complexity index is 379. The van der Waals surface area contributed by atoms with E-state index in [1.807, 2.05) is 11.8 Å². The van der Waals surface area contributed by atoms with E-state index in [1.165, 1.54) is 4.88 Å². The number of rotatable bonds is 6. The van der Waals surface area contributed by atoms with Crippen LogP contribution in [-0.4, -0.2) is 10.8 Å². The second-order valence-electron chi connectivity index (χ2n) is 4.49. The van der Waals surface area contributed by atoms with Crippen molar-refractivity contribution in [1.82, 2.24) is 4.98 Å². The van der Waals surface area contributed by atoms with Gasteiger partial charge in [0.1, 0.15) is 0 Å². The van der Waals surface area contributed by atoms with Crippen molar-refractivity contribution in [1.29, 1.82) is 0 Å². The van der Waals surface area contributed by atoms with Gasteiger partial charge in [0.2, 0.25) is 0 Å². The van der Waals surface area contributed by atoms with Crippen molar-refractivity contribution in [2.75, 3.05) is 0 Å².